The van der Waals surface area contributed by atoms with Crippen LogP contribution in [0.4, 0.5) is 5.82 Å². The number of aryl methyl sites for hydroxylation is 2. The van der Waals surface area contributed by atoms with Crippen LogP contribution in [0.25, 0.3) is 0 Å². The summed E-state index contributed by atoms with van der Waals surface area (Å²) in [6, 6.07) is 6.47. The van der Waals surface area contributed by atoms with E-state index in [0.717, 1.165) is 11.1 Å². The molecule has 1 aromatic carbocycles. The van der Waals surface area contributed by atoms with Gasteiger partial charge in [0.25, 0.3) is 10.0 Å². The summed E-state index contributed by atoms with van der Waals surface area (Å²) in [7, 11) is -1.89. The van der Waals surface area contributed by atoms with Crippen molar-refractivity contribution >= 4 is 15.8 Å². The fourth-order valence-corrected chi connectivity index (χ4v) is 2.81. The average Bonchev–Trinajstić information content (AvgIpc) is 2.73. The molecule has 0 radical (unpaired) electrons. The summed E-state index contributed by atoms with van der Waals surface area (Å²) in [5.74, 6) is 0.294. The first-order valence-electron chi connectivity index (χ1n) is 5.74. The van der Waals surface area contributed by atoms with E-state index in [1.165, 1.54) is 4.68 Å². The second kappa shape index (κ2) is 5.02. The summed E-state index contributed by atoms with van der Waals surface area (Å²) >= 11 is 0. The van der Waals surface area contributed by atoms with E-state index < -0.39 is 10.0 Å². The summed E-state index contributed by atoms with van der Waals surface area (Å²) in [5, 5.41) is 3.98. The SMILES string of the molecule is Cc1cc(S(=O)(=O)Nc2ccn(C)n2)ccc1CN. The van der Waals surface area contributed by atoms with Gasteiger partial charge in [0.05, 0.1) is 4.90 Å². The first-order valence-corrected chi connectivity index (χ1v) is 7.23. The molecule has 0 saturated heterocycles. The molecule has 0 atom stereocenters. The Labute approximate surface area is 112 Å². The fraction of sp³-hybridized carbons (Fsp3) is 0.250. The van der Waals surface area contributed by atoms with E-state index in [1.54, 1.807) is 37.5 Å². The molecule has 6 nitrogen and oxygen atoms in total. The first-order chi connectivity index (χ1) is 8.92. The molecule has 0 aliphatic heterocycles. The molecule has 7 heteroatoms. The van der Waals surface area contributed by atoms with Crippen molar-refractivity contribution < 1.29 is 8.42 Å². The molecule has 0 aliphatic rings. The Morgan fingerprint density at radius 2 is 2.11 bits per heavy atom. The van der Waals surface area contributed by atoms with E-state index in [9.17, 15) is 8.42 Å². The molecule has 0 fully saturated rings. The standard InChI is InChI=1S/C12H16N4O2S/c1-9-7-11(4-3-10(9)8-13)19(17,18)15-12-5-6-16(2)14-12/h3-7H,8,13H2,1-2H3,(H,14,15). The zero-order chi connectivity index (χ0) is 14.0. The molecular weight excluding hydrogens is 264 g/mol. The van der Waals surface area contributed by atoms with Crippen LogP contribution >= 0.6 is 0 Å². The molecule has 1 heterocycles. The Balaban J connectivity index is 2.31. The highest BCUT2D eigenvalue weighted by Crippen LogP contribution is 2.17. The largest absolute Gasteiger partial charge is 0.326 e. The number of aromatic nitrogens is 2. The van der Waals surface area contributed by atoms with Crippen molar-refractivity contribution in [2.45, 2.75) is 18.4 Å². The Hall–Kier alpha value is -1.86. The summed E-state index contributed by atoms with van der Waals surface area (Å²) in [5.41, 5.74) is 7.34. The number of hydrogen-bond donors (Lipinski definition) is 2. The monoisotopic (exact) mass is 280 g/mol. The lowest BCUT2D eigenvalue weighted by atomic mass is 10.1. The van der Waals surface area contributed by atoms with Gasteiger partial charge in [0.1, 0.15) is 0 Å². The maximum Gasteiger partial charge on any atom is 0.263 e. The minimum Gasteiger partial charge on any atom is -0.326 e. The third kappa shape index (κ3) is 2.94. The van der Waals surface area contributed by atoms with Crippen molar-refractivity contribution in [2.24, 2.45) is 12.8 Å². The summed E-state index contributed by atoms with van der Waals surface area (Å²) in [6.07, 6.45) is 1.67. The van der Waals surface area contributed by atoms with Crippen molar-refractivity contribution in [1.82, 2.24) is 9.78 Å². The Bertz CT molecular complexity index is 692. The lowest BCUT2D eigenvalue weighted by molar-refractivity contribution is 0.600. The summed E-state index contributed by atoms with van der Waals surface area (Å²) < 4.78 is 28.3. The van der Waals surface area contributed by atoms with Crippen LogP contribution in [0.3, 0.4) is 0 Å². The van der Waals surface area contributed by atoms with Crippen LogP contribution < -0.4 is 10.5 Å². The van der Waals surface area contributed by atoms with Gasteiger partial charge in [0, 0.05) is 25.9 Å². The Morgan fingerprint density at radius 1 is 1.37 bits per heavy atom. The maximum atomic E-state index is 12.2. The molecule has 2 rings (SSSR count). The molecule has 0 spiro atoms. The lowest BCUT2D eigenvalue weighted by Crippen LogP contribution is -2.14. The van der Waals surface area contributed by atoms with Gasteiger partial charge in [-0.05, 0) is 30.2 Å². The van der Waals surface area contributed by atoms with Gasteiger partial charge in [0.2, 0.25) is 0 Å². The Kier molecular flexibility index (Phi) is 3.59. The van der Waals surface area contributed by atoms with Crippen LogP contribution in [0.2, 0.25) is 0 Å². The van der Waals surface area contributed by atoms with Gasteiger partial charge in [-0.1, -0.05) is 6.07 Å². The third-order valence-corrected chi connectivity index (χ3v) is 4.15. The number of nitrogens with zero attached hydrogens (tertiary/aromatic N) is 2. The number of nitrogens with two attached hydrogens (primary N) is 1. The predicted molar refractivity (Wildman–Crippen MR) is 73.1 cm³/mol. The van der Waals surface area contributed by atoms with E-state index in [0.29, 0.717) is 12.4 Å². The van der Waals surface area contributed by atoms with Crippen LogP contribution in [0.5, 0.6) is 0 Å². The van der Waals surface area contributed by atoms with Crippen molar-refractivity contribution in [3.05, 3.63) is 41.6 Å². The van der Waals surface area contributed by atoms with Crippen LogP contribution in [0.15, 0.2) is 35.4 Å². The van der Waals surface area contributed by atoms with Crippen molar-refractivity contribution in [2.75, 3.05) is 4.72 Å². The number of nitrogens with one attached hydrogen (secondary N) is 1. The highest BCUT2D eigenvalue weighted by atomic mass is 32.2. The Morgan fingerprint density at radius 3 is 2.63 bits per heavy atom. The molecule has 0 amide bonds. The van der Waals surface area contributed by atoms with Crippen LogP contribution in [-0.4, -0.2) is 18.2 Å². The smallest absolute Gasteiger partial charge is 0.263 e. The van der Waals surface area contributed by atoms with Crippen molar-refractivity contribution in [1.29, 1.82) is 0 Å². The van der Waals surface area contributed by atoms with Crippen molar-refractivity contribution in [3.8, 4) is 0 Å². The van der Waals surface area contributed by atoms with E-state index in [1.807, 2.05) is 6.92 Å². The highest BCUT2D eigenvalue weighted by molar-refractivity contribution is 7.92. The molecule has 1 aromatic heterocycles. The van der Waals surface area contributed by atoms with E-state index >= 15 is 0 Å². The van der Waals surface area contributed by atoms with Crippen molar-refractivity contribution in [3.63, 3.8) is 0 Å². The van der Waals surface area contributed by atoms with E-state index in [-0.39, 0.29) is 4.90 Å². The predicted octanol–water partition coefficient (Wildman–Crippen LogP) is 0.988. The quantitative estimate of drug-likeness (QED) is 0.873. The molecule has 3 N–H and O–H groups in total. The molecule has 102 valence electrons. The number of benzene rings is 1. The van der Waals surface area contributed by atoms with E-state index in [4.69, 9.17) is 5.73 Å². The fourth-order valence-electron chi connectivity index (χ4n) is 1.73. The minimum atomic E-state index is -3.61. The highest BCUT2D eigenvalue weighted by Gasteiger charge is 2.16. The number of hydrogen-bond acceptors (Lipinski definition) is 4. The van der Waals surface area contributed by atoms with Gasteiger partial charge in [-0.15, -0.1) is 0 Å². The van der Waals surface area contributed by atoms with Crippen LogP contribution in [0.1, 0.15) is 11.1 Å². The van der Waals surface area contributed by atoms with Gasteiger partial charge in [-0.2, -0.15) is 5.10 Å². The normalized spacial score (nSPS) is 11.5. The second-order valence-electron chi connectivity index (χ2n) is 4.27. The zero-order valence-electron chi connectivity index (χ0n) is 10.8. The van der Waals surface area contributed by atoms with Gasteiger partial charge < -0.3 is 5.73 Å². The first kappa shape index (κ1) is 13.6. The molecular formula is C12H16N4O2S. The molecule has 0 bridgehead atoms. The maximum absolute atomic E-state index is 12.2. The van der Waals surface area contributed by atoms with Gasteiger partial charge >= 0.3 is 0 Å². The zero-order valence-corrected chi connectivity index (χ0v) is 11.6. The van der Waals surface area contributed by atoms with E-state index in [2.05, 4.69) is 9.82 Å². The minimum absolute atomic E-state index is 0.202. The molecule has 0 aliphatic carbocycles. The van der Waals surface area contributed by atoms with Gasteiger partial charge in [-0.25, -0.2) is 8.42 Å². The van der Waals surface area contributed by atoms with Gasteiger partial charge in [-0.3, -0.25) is 9.40 Å². The summed E-state index contributed by atoms with van der Waals surface area (Å²) in [6.45, 7) is 2.22. The lowest BCUT2D eigenvalue weighted by Gasteiger charge is -2.08. The average molecular weight is 280 g/mol. The van der Waals surface area contributed by atoms with Gasteiger partial charge in [0.15, 0.2) is 5.82 Å². The topological polar surface area (TPSA) is 90.0 Å². The number of sulfonamides is 1. The molecule has 2 aromatic rings. The number of anilines is 1. The second-order valence-corrected chi connectivity index (χ2v) is 5.95. The summed E-state index contributed by atoms with van der Waals surface area (Å²) in [4.78, 5) is 0.202. The molecule has 0 saturated carbocycles. The van der Waals surface area contributed by atoms with Crippen LogP contribution in [-0.2, 0) is 23.6 Å². The molecule has 0 unspecified atom stereocenters. The number of rotatable bonds is 4. The third-order valence-electron chi connectivity index (χ3n) is 2.80. The molecule has 19 heavy (non-hydrogen) atoms. The van der Waals surface area contributed by atoms with Crippen LogP contribution in [0, 0.1) is 6.92 Å².